The number of aromatic nitrogens is 3. The third-order valence-electron chi connectivity index (χ3n) is 4.36. The van der Waals surface area contributed by atoms with E-state index in [1.165, 1.54) is 0 Å². The number of aromatic amines is 1. The molecule has 0 aliphatic carbocycles. The van der Waals surface area contributed by atoms with Crippen LogP contribution in [0.4, 0.5) is 0 Å². The van der Waals surface area contributed by atoms with Crippen LogP contribution in [0.25, 0.3) is 34.0 Å². The van der Waals surface area contributed by atoms with E-state index in [2.05, 4.69) is 22.1 Å². The van der Waals surface area contributed by atoms with Crippen molar-refractivity contribution in [1.29, 1.82) is 0 Å². The van der Waals surface area contributed by atoms with Crippen LogP contribution in [0.3, 0.4) is 0 Å². The summed E-state index contributed by atoms with van der Waals surface area (Å²) in [6, 6.07) is 15.6. The van der Waals surface area contributed by atoms with Crippen molar-refractivity contribution in [2.24, 2.45) is 7.05 Å². The van der Waals surface area contributed by atoms with Crippen LogP contribution in [-0.2, 0) is 7.05 Å². The van der Waals surface area contributed by atoms with Crippen molar-refractivity contribution in [2.75, 3.05) is 0 Å². The molecule has 4 nitrogen and oxygen atoms in total. The highest BCUT2D eigenvalue weighted by Gasteiger charge is 2.07. The summed E-state index contributed by atoms with van der Waals surface area (Å²) in [5.74, 6) is 0.642. The fourth-order valence-electron chi connectivity index (χ4n) is 3.06. The van der Waals surface area contributed by atoms with Gasteiger partial charge in [0, 0.05) is 29.2 Å². The van der Waals surface area contributed by atoms with Crippen molar-refractivity contribution in [3.8, 4) is 0 Å². The maximum Gasteiger partial charge on any atom is 0.261 e. The van der Waals surface area contributed by atoms with Crippen LogP contribution in [-0.4, -0.2) is 14.5 Å². The summed E-state index contributed by atoms with van der Waals surface area (Å²) in [5.41, 5.74) is 4.01. The molecule has 0 aliphatic heterocycles. The normalized spacial score (nSPS) is 11.8. The zero-order valence-corrected chi connectivity index (χ0v) is 13.6. The summed E-state index contributed by atoms with van der Waals surface area (Å²) in [6.45, 7) is 2.05. The molecule has 0 unspecified atom stereocenters. The first kappa shape index (κ1) is 14.5. The molecular formula is C20H17N3O. The molecule has 2 aromatic heterocycles. The third kappa shape index (κ3) is 2.24. The van der Waals surface area contributed by atoms with Crippen LogP contribution in [0.5, 0.6) is 0 Å². The van der Waals surface area contributed by atoms with Gasteiger partial charge in [-0.15, -0.1) is 0 Å². The van der Waals surface area contributed by atoms with Crippen molar-refractivity contribution in [2.45, 2.75) is 6.92 Å². The highest BCUT2D eigenvalue weighted by molar-refractivity contribution is 5.93. The highest BCUT2D eigenvalue weighted by atomic mass is 16.1. The Balaban J connectivity index is 1.87. The van der Waals surface area contributed by atoms with Gasteiger partial charge in [0.05, 0.1) is 10.9 Å². The Morgan fingerprint density at radius 1 is 1.00 bits per heavy atom. The van der Waals surface area contributed by atoms with E-state index in [-0.39, 0.29) is 5.56 Å². The van der Waals surface area contributed by atoms with Crippen LogP contribution in [0, 0.1) is 6.92 Å². The quantitative estimate of drug-likeness (QED) is 0.610. The van der Waals surface area contributed by atoms with Crippen LogP contribution in [0.15, 0.2) is 53.3 Å². The van der Waals surface area contributed by atoms with E-state index in [0.29, 0.717) is 11.2 Å². The lowest BCUT2D eigenvalue weighted by Gasteiger charge is -2.05. The average Bonchev–Trinajstić information content (AvgIpc) is 2.92. The minimum atomic E-state index is -0.0316. The number of para-hydroxylation sites is 2. The van der Waals surface area contributed by atoms with E-state index in [1.54, 1.807) is 11.6 Å². The van der Waals surface area contributed by atoms with E-state index >= 15 is 0 Å². The molecule has 0 aliphatic rings. The molecule has 0 radical (unpaired) electrons. The maximum absolute atomic E-state index is 12.5. The Morgan fingerprint density at radius 2 is 1.71 bits per heavy atom. The van der Waals surface area contributed by atoms with Crippen molar-refractivity contribution >= 4 is 34.0 Å². The lowest BCUT2D eigenvalue weighted by atomic mass is 10.1. The van der Waals surface area contributed by atoms with Gasteiger partial charge in [-0.05, 0) is 37.3 Å². The molecule has 4 aromatic rings. The van der Waals surface area contributed by atoms with Gasteiger partial charge in [-0.3, -0.25) is 9.36 Å². The van der Waals surface area contributed by atoms with E-state index in [9.17, 15) is 4.79 Å². The second-order valence-corrected chi connectivity index (χ2v) is 5.89. The second kappa shape index (κ2) is 5.49. The molecule has 118 valence electrons. The Kier molecular flexibility index (Phi) is 3.31. The highest BCUT2D eigenvalue weighted by Crippen LogP contribution is 2.23. The smallest absolute Gasteiger partial charge is 0.261 e. The first-order chi connectivity index (χ1) is 11.6. The van der Waals surface area contributed by atoms with Gasteiger partial charge in [0.2, 0.25) is 0 Å². The van der Waals surface area contributed by atoms with Crippen molar-refractivity contribution < 1.29 is 0 Å². The van der Waals surface area contributed by atoms with Gasteiger partial charge in [-0.2, -0.15) is 0 Å². The van der Waals surface area contributed by atoms with Gasteiger partial charge < -0.3 is 4.98 Å². The van der Waals surface area contributed by atoms with Gasteiger partial charge in [0.1, 0.15) is 5.82 Å². The molecule has 1 N–H and O–H groups in total. The van der Waals surface area contributed by atoms with E-state index in [0.717, 1.165) is 27.7 Å². The molecule has 0 spiro atoms. The fourth-order valence-corrected chi connectivity index (χ4v) is 3.06. The number of benzene rings is 2. The lowest BCUT2D eigenvalue weighted by molar-refractivity contribution is 0.828. The zero-order chi connectivity index (χ0) is 16.7. The number of nitrogens with one attached hydrogen (secondary N) is 1. The van der Waals surface area contributed by atoms with Crippen LogP contribution in [0.2, 0.25) is 0 Å². The number of hydrogen-bond donors (Lipinski definition) is 1. The van der Waals surface area contributed by atoms with Gasteiger partial charge in [0.15, 0.2) is 0 Å². The third-order valence-corrected chi connectivity index (χ3v) is 4.36. The maximum atomic E-state index is 12.5. The van der Waals surface area contributed by atoms with E-state index in [1.807, 2.05) is 55.5 Å². The van der Waals surface area contributed by atoms with Gasteiger partial charge in [-0.25, -0.2) is 4.98 Å². The number of nitrogens with zero attached hydrogens (tertiary/aromatic N) is 2. The molecule has 4 heteroatoms. The van der Waals surface area contributed by atoms with Gasteiger partial charge in [0.25, 0.3) is 5.56 Å². The van der Waals surface area contributed by atoms with Crippen molar-refractivity contribution in [3.63, 3.8) is 0 Å². The molecule has 0 amide bonds. The van der Waals surface area contributed by atoms with Gasteiger partial charge >= 0.3 is 0 Å². The average molecular weight is 315 g/mol. The number of hydrogen-bond acceptors (Lipinski definition) is 2. The Bertz CT molecular complexity index is 1150. The second-order valence-electron chi connectivity index (χ2n) is 5.89. The summed E-state index contributed by atoms with van der Waals surface area (Å²) in [7, 11) is 1.75. The Labute approximate surface area is 139 Å². The van der Waals surface area contributed by atoms with Crippen LogP contribution in [0.1, 0.15) is 17.1 Å². The SMILES string of the molecule is Cc1[nH]c2ccccc2c1C=Cc1nc2ccccc2c(=O)n1C. The Morgan fingerprint density at radius 3 is 2.54 bits per heavy atom. The first-order valence-electron chi connectivity index (χ1n) is 7.86. The largest absolute Gasteiger partial charge is 0.358 e. The summed E-state index contributed by atoms with van der Waals surface area (Å²) in [6.07, 6.45) is 3.92. The number of fused-ring (bicyclic) bond motifs is 2. The minimum absolute atomic E-state index is 0.0316. The van der Waals surface area contributed by atoms with E-state index < -0.39 is 0 Å². The molecule has 2 heterocycles. The molecule has 0 fully saturated rings. The monoisotopic (exact) mass is 315 g/mol. The number of H-pyrrole nitrogens is 1. The summed E-state index contributed by atoms with van der Waals surface area (Å²) in [4.78, 5) is 20.5. The van der Waals surface area contributed by atoms with Crippen LogP contribution < -0.4 is 5.56 Å². The predicted molar refractivity (Wildman–Crippen MR) is 98.9 cm³/mol. The topological polar surface area (TPSA) is 50.7 Å². The molecule has 2 aromatic carbocycles. The first-order valence-corrected chi connectivity index (χ1v) is 7.86. The van der Waals surface area contributed by atoms with Crippen molar-refractivity contribution in [3.05, 3.63) is 76.0 Å². The lowest BCUT2D eigenvalue weighted by Crippen LogP contribution is -2.20. The standard InChI is InChI=1S/C20H17N3O/c1-13-14(15-7-3-5-9-17(15)21-13)11-12-19-22-18-10-6-4-8-16(18)20(24)23(19)2/h3-12,21H,1-2H3. The molecule has 4 rings (SSSR count). The van der Waals surface area contributed by atoms with E-state index in [4.69, 9.17) is 0 Å². The predicted octanol–water partition coefficient (Wildman–Crippen LogP) is 3.89. The Hall–Kier alpha value is -3.14. The minimum Gasteiger partial charge on any atom is -0.358 e. The number of aryl methyl sites for hydroxylation is 1. The molecule has 0 bridgehead atoms. The molecule has 0 saturated carbocycles. The summed E-state index contributed by atoms with van der Waals surface area (Å²) < 4.78 is 1.59. The van der Waals surface area contributed by atoms with Crippen molar-refractivity contribution in [1.82, 2.24) is 14.5 Å². The fraction of sp³-hybridized carbons (Fsp3) is 0.100. The molecule has 0 atom stereocenters. The summed E-state index contributed by atoms with van der Waals surface area (Å²) in [5, 5.41) is 1.80. The number of rotatable bonds is 2. The molecule has 24 heavy (non-hydrogen) atoms. The zero-order valence-electron chi connectivity index (χ0n) is 13.6. The molecular weight excluding hydrogens is 298 g/mol. The summed E-state index contributed by atoms with van der Waals surface area (Å²) >= 11 is 0. The van der Waals surface area contributed by atoms with Gasteiger partial charge in [-0.1, -0.05) is 30.3 Å². The molecule has 0 saturated heterocycles. The van der Waals surface area contributed by atoms with Crippen LogP contribution >= 0.6 is 0 Å².